The third kappa shape index (κ3) is 12.5. The van der Waals surface area contributed by atoms with Crippen LogP contribution in [0.1, 0.15) is 66.3 Å². The molecule has 1 aliphatic rings. The summed E-state index contributed by atoms with van der Waals surface area (Å²) in [6, 6.07) is 1.29. The van der Waals surface area contributed by atoms with Gasteiger partial charge in [-0.15, -0.1) is 0 Å². The summed E-state index contributed by atoms with van der Waals surface area (Å²) < 4.78 is 0. The molecule has 0 spiro atoms. The van der Waals surface area contributed by atoms with Crippen molar-refractivity contribution in [2.24, 2.45) is 0 Å². The van der Waals surface area contributed by atoms with E-state index in [1.54, 1.807) is 20.8 Å². The predicted molar refractivity (Wildman–Crippen MR) is 147 cm³/mol. The first-order valence-corrected chi connectivity index (χ1v) is 12.8. The molecule has 0 bridgehead atoms. The average Bonchev–Trinajstić information content (AvgIpc) is 3.62. The maximum Gasteiger partial charge on any atom is 0.356 e. The fourth-order valence-corrected chi connectivity index (χ4v) is 3.70. The summed E-state index contributed by atoms with van der Waals surface area (Å²) in [6.45, 7) is 6.52. The van der Waals surface area contributed by atoms with Gasteiger partial charge in [0.25, 0.3) is 0 Å². The lowest BCUT2D eigenvalue weighted by atomic mass is 10.2. The van der Waals surface area contributed by atoms with Crippen LogP contribution in [0.25, 0.3) is 0 Å². The molecule has 0 radical (unpaired) electrons. The van der Waals surface area contributed by atoms with Crippen LogP contribution in [0.3, 0.4) is 0 Å². The molecule has 218 valence electrons. The first kappa shape index (κ1) is 34.5. The molecule has 16 heteroatoms. The highest BCUT2D eigenvalue weighted by Gasteiger charge is 2.29. The lowest BCUT2D eigenvalue weighted by Gasteiger charge is -2.25. The number of aliphatic hydroxyl groups is 3. The molecule has 3 unspecified atom stereocenters. The molecule has 1 saturated carbocycles. The number of nitrogens with two attached hydrogens (primary N) is 2. The van der Waals surface area contributed by atoms with Gasteiger partial charge >= 0.3 is 11.9 Å². The van der Waals surface area contributed by atoms with Crippen molar-refractivity contribution < 1.29 is 35.1 Å². The second-order valence-electron chi connectivity index (χ2n) is 8.98. The SMILES string of the molecule is CC(O)CN(CC(C)O)CC(C)O.Nc1cc(Cl)nc(C(=O)O)c1Cl.Nc1nc(C2CC2)nc(C(=O)O)c1Cl. The lowest BCUT2D eigenvalue weighted by molar-refractivity contribution is 0.0529. The van der Waals surface area contributed by atoms with Crippen molar-refractivity contribution in [3.63, 3.8) is 0 Å². The van der Waals surface area contributed by atoms with Crippen molar-refractivity contribution in [3.05, 3.63) is 38.5 Å². The Hall–Kier alpha value is -2.52. The summed E-state index contributed by atoms with van der Waals surface area (Å²) in [7, 11) is 0. The second-order valence-corrected chi connectivity index (χ2v) is 10.1. The molecule has 0 amide bonds. The molecule has 2 heterocycles. The van der Waals surface area contributed by atoms with E-state index >= 15 is 0 Å². The molecule has 3 atom stereocenters. The molecule has 9 N–H and O–H groups in total. The molecule has 2 aromatic heterocycles. The predicted octanol–water partition coefficient (Wildman–Crippen LogP) is 2.39. The highest BCUT2D eigenvalue weighted by molar-refractivity contribution is 6.37. The minimum absolute atomic E-state index is 0.00861. The number of nitrogens with zero attached hydrogens (tertiary/aromatic N) is 4. The molecule has 3 rings (SSSR count). The number of carboxylic acids is 2. The highest BCUT2D eigenvalue weighted by atomic mass is 35.5. The monoisotopic (exact) mass is 610 g/mol. The van der Waals surface area contributed by atoms with Gasteiger partial charge in [0.05, 0.1) is 29.0 Å². The molecule has 1 aliphatic carbocycles. The van der Waals surface area contributed by atoms with Crippen LogP contribution in [0.15, 0.2) is 6.07 Å². The topological polar surface area (TPSA) is 229 Å². The van der Waals surface area contributed by atoms with E-state index in [2.05, 4.69) is 15.0 Å². The Morgan fingerprint density at radius 3 is 1.69 bits per heavy atom. The zero-order valence-electron chi connectivity index (χ0n) is 21.6. The van der Waals surface area contributed by atoms with Gasteiger partial charge in [-0.2, -0.15) is 0 Å². The normalized spacial score (nSPS) is 14.8. The van der Waals surface area contributed by atoms with Crippen LogP contribution in [-0.4, -0.2) is 95.3 Å². The van der Waals surface area contributed by atoms with E-state index in [1.807, 2.05) is 4.90 Å². The number of anilines is 2. The molecule has 0 saturated heterocycles. The fraction of sp³-hybridized carbons (Fsp3) is 0.522. The number of aliphatic hydroxyl groups excluding tert-OH is 3. The summed E-state index contributed by atoms with van der Waals surface area (Å²) in [6.07, 6.45) is 0.674. The van der Waals surface area contributed by atoms with Crippen molar-refractivity contribution >= 4 is 58.2 Å². The molecule has 2 aromatic rings. The smallest absolute Gasteiger partial charge is 0.356 e. The summed E-state index contributed by atoms with van der Waals surface area (Å²) in [5.41, 5.74) is 10.4. The van der Waals surface area contributed by atoms with E-state index in [0.29, 0.717) is 25.5 Å². The van der Waals surface area contributed by atoms with Crippen molar-refractivity contribution in [2.45, 2.75) is 57.8 Å². The molecule has 13 nitrogen and oxygen atoms in total. The lowest BCUT2D eigenvalue weighted by Crippen LogP contribution is -2.40. The maximum absolute atomic E-state index is 10.7. The molecular formula is C23H33Cl3N6O7. The number of hydrogen-bond donors (Lipinski definition) is 7. The van der Waals surface area contributed by atoms with Gasteiger partial charge in [-0.25, -0.2) is 24.5 Å². The first-order chi connectivity index (χ1) is 18.0. The van der Waals surface area contributed by atoms with Crippen molar-refractivity contribution in [3.8, 4) is 0 Å². The summed E-state index contributed by atoms with van der Waals surface area (Å²) in [5, 5.41) is 44.6. The Labute approximate surface area is 240 Å². The van der Waals surface area contributed by atoms with E-state index in [9.17, 15) is 9.59 Å². The molecule has 1 fully saturated rings. The van der Waals surface area contributed by atoms with Crippen LogP contribution in [0.4, 0.5) is 11.5 Å². The van der Waals surface area contributed by atoms with Crippen LogP contribution in [0.5, 0.6) is 0 Å². The molecule has 39 heavy (non-hydrogen) atoms. The molecular weight excluding hydrogens is 579 g/mol. The van der Waals surface area contributed by atoms with Gasteiger partial charge in [-0.1, -0.05) is 34.8 Å². The van der Waals surface area contributed by atoms with E-state index < -0.39 is 30.3 Å². The van der Waals surface area contributed by atoms with E-state index in [4.69, 9.17) is 71.8 Å². The van der Waals surface area contributed by atoms with E-state index in [0.717, 1.165) is 12.8 Å². The minimum atomic E-state index is -1.26. The molecule has 0 aliphatic heterocycles. The number of pyridine rings is 1. The van der Waals surface area contributed by atoms with Crippen LogP contribution in [0.2, 0.25) is 15.2 Å². The van der Waals surface area contributed by atoms with Gasteiger partial charge in [0, 0.05) is 25.6 Å². The third-order valence-corrected chi connectivity index (χ3v) is 5.73. The largest absolute Gasteiger partial charge is 0.476 e. The second kappa shape index (κ2) is 15.9. The fourth-order valence-electron chi connectivity index (χ4n) is 3.15. The zero-order valence-corrected chi connectivity index (χ0v) is 23.8. The van der Waals surface area contributed by atoms with Gasteiger partial charge < -0.3 is 37.0 Å². The maximum atomic E-state index is 10.7. The number of nitrogen functional groups attached to an aromatic ring is 2. The third-order valence-electron chi connectivity index (χ3n) is 4.76. The van der Waals surface area contributed by atoms with E-state index in [-0.39, 0.29) is 44.0 Å². The van der Waals surface area contributed by atoms with Gasteiger partial charge in [0.15, 0.2) is 11.4 Å². The van der Waals surface area contributed by atoms with Crippen LogP contribution >= 0.6 is 34.8 Å². The summed E-state index contributed by atoms with van der Waals surface area (Å²) >= 11 is 16.6. The minimum Gasteiger partial charge on any atom is -0.476 e. The number of carbonyl (C=O) groups is 2. The summed E-state index contributed by atoms with van der Waals surface area (Å²) in [5.74, 6) is -1.64. The number of halogens is 3. The van der Waals surface area contributed by atoms with E-state index in [1.165, 1.54) is 6.07 Å². The standard InChI is InChI=1S/C9H21NO3.C8H8ClN3O2.C6H4Cl2N2O2/c1-7(11)4-10(5-8(2)12)6-9(3)13;9-4-5(8(13)14)11-7(3-1-2-3)12-6(4)10;7-3-1-2(9)4(8)5(10-3)6(11)12/h7-9,11-13H,4-6H2,1-3H3;3H,1-2H2,(H,13,14)(H2,10,11,12);1H,(H2,9,10)(H,11,12). The van der Waals surface area contributed by atoms with Crippen LogP contribution in [0, 0.1) is 0 Å². The number of hydrogen-bond acceptors (Lipinski definition) is 11. The summed E-state index contributed by atoms with van der Waals surface area (Å²) in [4.78, 5) is 34.4. The molecule has 0 aromatic carbocycles. The van der Waals surface area contributed by atoms with Gasteiger partial charge in [0.2, 0.25) is 0 Å². The zero-order chi connectivity index (χ0) is 30.0. The Kier molecular flexibility index (Phi) is 14.1. The van der Waals surface area contributed by atoms with Gasteiger partial charge in [-0.05, 0) is 39.7 Å². The number of aromatic carboxylic acids is 2. The highest BCUT2D eigenvalue weighted by Crippen LogP contribution is 2.39. The first-order valence-electron chi connectivity index (χ1n) is 11.7. The average molecular weight is 612 g/mol. The van der Waals surface area contributed by atoms with Crippen LogP contribution in [-0.2, 0) is 0 Å². The Morgan fingerprint density at radius 1 is 0.872 bits per heavy atom. The van der Waals surface area contributed by atoms with Crippen molar-refractivity contribution in [1.29, 1.82) is 0 Å². The number of carboxylic acid groups (broad SMARTS) is 2. The number of rotatable bonds is 9. The Morgan fingerprint density at radius 2 is 1.31 bits per heavy atom. The Balaban J connectivity index is 0.000000294. The number of aromatic nitrogens is 3. The van der Waals surface area contributed by atoms with Gasteiger partial charge in [-0.3, -0.25) is 4.90 Å². The quantitative estimate of drug-likeness (QED) is 0.202. The van der Waals surface area contributed by atoms with Crippen molar-refractivity contribution in [2.75, 3.05) is 31.1 Å². The van der Waals surface area contributed by atoms with Crippen LogP contribution < -0.4 is 11.5 Å². The van der Waals surface area contributed by atoms with Crippen molar-refractivity contribution in [1.82, 2.24) is 19.9 Å². The Bertz CT molecular complexity index is 1110. The van der Waals surface area contributed by atoms with Gasteiger partial charge in [0.1, 0.15) is 21.8 Å².